The number of carbonyl (C=O) groups excluding carboxylic acids is 1. The number of aryl methyl sites for hydroxylation is 2. The summed E-state index contributed by atoms with van der Waals surface area (Å²) < 4.78 is 10.3. The highest BCUT2D eigenvalue weighted by Crippen LogP contribution is 2.15. The van der Waals surface area contributed by atoms with Gasteiger partial charge >= 0.3 is 0 Å². The molecule has 0 aliphatic rings. The topological polar surface area (TPSA) is 64.4 Å². The lowest BCUT2D eigenvalue weighted by Gasteiger charge is -2.04. The van der Waals surface area contributed by atoms with Crippen LogP contribution in [0.2, 0.25) is 0 Å². The van der Waals surface area contributed by atoms with E-state index < -0.39 is 0 Å². The van der Waals surface area contributed by atoms with Crippen molar-refractivity contribution >= 4 is 5.91 Å². The standard InChI is InChI=1S/C16H16N2O3/c1-12-7-3-4-8-15(12)20-10-6-5-9-17-16(19)14-11-13(2)21-18-14/h3-4,7-8,11H,9-10H2,1-2H3,(H,17,19). The Kier molecular flexibility index (Phi) is 4.99. The molecule has 2 rings (SSSR count). The van der Waals surface area contributed by atoms with Gasteiger partial charge in [-0.05, 0) is 25.5 Å². The van der Waals surface area contributed by atoms with Gasteiger partial charge in [-0.2, -0.15) is 0 Å². The molecular formula is C16H16N2O3. The van der Waals surface area contributed by atoms with Gasteiger partial charge in [0.25, 0.3) is 5.91 Å². The molecule has 0 bridgehead atoms. The van der Waals surface area contributed by atoms with E-state index in [9.17, 15) is 4.79 Å². The Hall–Kier alpha value is -2.74. The number of amides is 1. The van der Waals surface area contributed by atoms with E-state index in [2.05, 4.69) is 22.3 Å². The van der Waals surface area contributed by atoms with Crippen LogP contribution in [0.5, 0.6) is 5.75 Å². The maximum atomic E-state index is 11.6. The molecule has 0 saturated heterocycles. The number of nitrogens with one attached hydrogen (secondary N) is 1. The zero-order valence-corrected chi connectivity index (χ0v) is 12.0. The van der Waals surface area contributed by atoms with E-state index in [0.717, 1.165) is 11.3 Å². The molecule has 0 spiro atoms. The Labute approximate surface area is 123 Å². The van der Waals surface area contributed by atoms with Crippen LogP contribution < -0.4 is 10.1 Å². The quantitative estimate of drug-likeness (QED) is 0.873. The van der Waals surface area contributed by atoms with E-state index in [0.29, 0.717) is 5.76 Å². The third kappa shape index (κ3) is 4.39. The van der Waals surface area contributed by atoms with Gasteiger partial charge in [-0.15, -0.1) is 0 Å². The predicted octanol–water partition coefficient (Wildman–Crippen LogP) is 2.10. The summed E-state index contributed by atoms with van der Waals surface area (Å²) in [7, 11) is 0. The number of ether oxygens (including phenoxy) is 1. The van der Waals surface area contributed by atoms with E-state index in [1.165, 1.54) is 0 Å². The van der Waals surface area contributed by atoms with Crippen molar-refractivity contribution < 1.29 is 14.1 Å². The van der Waals surface area contributed by atoms with E-state index in [4.69, 9.17) is 9.26 Å². The normalized spacial score (nSPS) is 9.62. The molecule has 0 aliphatic carbocycles. The molecule has 1 heterocycles. The van der Waals surface area contributed by atoms with Crippen molar-refractivity contribution in [2.24, 2.45) is 0 Å². The maximum Gasteiger partial charge on any atom is 0.274 e. The van der Waals surface area contributed by atoms with Crippen LogP contribution in [0.15, 0.2) is 34.9 Å². The van der Waals surface area contributed by atoms with E-state index in [1.807, 2.05) is 31.2 Å². The van der Waals surface area contributed by atoms with Crippen LogP contribution in [0.1, 0.15) is 21.8 Å². The third-order valence-corrected chi connectivity index (χ3v) is 2.72. The average Bonchev–Trinajstić information content (AvgIpc) is 2.91. The number of carbonyl (C=O) groups is 1. The van der Waals surface area contributed by atoms with Crippen LogP contribution in [0, 0.1) is 25.7 Å². The minimum Gasteiger partial charge on any atom is -0.481 e. The van der Waals surface area contributed by atoms with E-state index >= 15 is 0 Å². The number of hydrogen-bond donors (Lipinski definition) is 1. The third-order valence-electron chi connectivity index (χ3n) is 2.72. The van der Waals surface area contributed by atoms with Gasteiger partial charge in [0.1, 0.15) is 18.1 Å². The van der Waals surface area contributed by atoms with Crippen LogP contribution in [0.25, 0.3) is 0 Å². The SMILES string of the molecule is Cc1cc(C(=O)NCC#CCOc2ccccc2C)no1. The fourth-order valence-electron chi connectivity index (χ4n) is 1.63. The summed E-state index contributed by atoms with van der Waals surface area (Å²) in [4.78, 5) is 11.6. The highest BCUT2D eigenvalue weighted by atomic mass is 16.5. The van der Waals surface area contributed by atoms with Gasteiger partial charge in [-0.25, -0.2) is 0 Å². The first-order valence-electron chi connectivity index (χ1n) is 6.52. The molecule has 5 nitrogen and oxygen atoms in total. The molecule has 5 heteroatoms. The zero-order chi connectivity index (χ0) is 15.1. The van der Waals surface area contributed by atoms with Gasteiger partial charge in [0.2, 0.25) is 0 Å². The van der Waals surface area contributed by atoms with Gasteiger partial charge in [-0.3, -0.25) is 4.79 Å². The number of para-hydroxylation sites is 1. The Morgan fingerprint density at radius 1 is 1.33 bits per heavy atom. The van der Waals surface area contributed by atoms with Crippen LogP contribution in [-0.4, -0.2) is 24.2 Å². The minimum absolute atomic E-state index is 0.238. The summed E-state index contributed by atoms with van der Waals surface area (Å²) in [6.07, 6.45) is 0. The number of hydrogen-bond acceptors (Lipinski definition) is 4. The molecule has 0 radical (unpaired) electrons. The van der Waals surface area contributed by atoms with Crippen molar-refractivity contribution in [1.82, 2.24) is 10.5 Å². The number of nitrogens with zero attached hydrogens (tertiary/aromatic N) is 1. The number of benzene rings is 1. The molecule has 2 aromatic rings. The van der Waals surface area contributed by atoms with Gasteiger partial charge in [0, 0.05) is 6.07 Å². The van der Waals surface area contributed by atoms with Crippen molar-refractivity contribution in [1.29, 1.82) is 0 Å². The van der Waals surface area contributed by atoms with Crippen molar-refractivity contribution in [3.05, 3.63) is 47.3 Å². The Bertz CT molecular complexity index is 680. The second-order valence-corrected chi connectivity index (χ2v) is 4.41. The van der Waals surface area contributed by atoms with Crippen LogP contribution in [0.3, 0.4) is 0 Å². The smallest absolute Gasteiger partial charge is 0.274 e. The summed E-state index contributed by atoms with van der Waals surface area (Å²) in [5, 5.41) is 6.25. The highest BCUT2D eigenvalue weighted by Gasteiger charge is 2.08. The van der Waals surface area contributed by atoms with Crippen LogP contribution in [-0.2, 0) is 0 Å². The van der Waals surface area contributed by atoms with Gasteiger partial charge in [0.05, 0.1) is 6.54 Å². The highest BCUT2D eigenvalue weighted by molar-refractivity contribution is 5.92. The summed E-state index contributed by atoms with van der Waals surface area (Å²) >= 11 is 0. The fourth-order valence-corrected chi connectivity index (χ4v) is 1.63. The first kappa shape index (κ1) is 14.7. The van der Waals surface area contributed by atoms with Gasteiger partial charge < -0.3 is 14.6 Å². The molecule has 1 amide bonds. The Balaban J connectivity index is 1.72. The Morgan fingerprint density at radius 3 is 2.86 bits per heavy atom. The lowest BCUT2D eigenvalue weighted by molar-refractivity contribution is 0.0949. The molecule has 21 heavy (non-hydrogen) atoms. The molecule has 1 aromatic heterocycles. The predicted molar refractivity (Wildman–Crippen MR) is 78.0 cm³/mol. The molecule has 0 saturated carbocycles. The summed E-state index contributed by atoms with van der Waals surface area (Å²) in [6.45, 7) is 4.22. The number of aromatic nitrogens is 1. The molecule has 1 aromatic carbocycles. The van der Waals surface area contributed by atoms with Crippen LogP contribution >= 0.6 is 0 Å². The first-order chi connectivity index (χ1) is 10.2. The minimum atomic E-state index is -0.305. The molecule has 0 unspecified atom stereocenters. The van der Waals surface area contributed by atoms with Crippen LogP contribution in [0.4, 0.5) is 0 Å². The molecular weight excluding hydrogens is 268 g/mol. The molecule has 1 N–H and O–H groups in total. The van der Waals surface area contributed by atoms with Crippen molar-refractivity contribution in [2.75, 3.05) is 13.2 Å². The lowest BCUT2D eigenvalue weighted by Crippen LogP contribution is -2.23. The van der Waals surface area contributed by atoms with Crippen molar-refractivity contribution in [3.8, 4) is 17.6 Å². The first-order valence-corrected chi connectivity index (χ1v) is 6.52. The van der Waals surface area contributed by atoms with E-state index in [1.54, 1.807) is 13.0 Å². The monoisotopic (exact) mass is 284 g/mol. The van der Waals surface area contributed by atoms with E-state index in [-0.39, 0.29) is 24.8 Å². The van der Waals surface area contributed by atoms with Gasteiger partial charge in [0.15, 0.2) is 5.69 Å². The number of rotatable bonds is 4. The second-order valence-electron chi connectivity index (χ2n) is 4.41. The molecule has 0 atom stereocenters. The molecule has 108 valence electrons. The summed E-state index contributed by atoms with van der Waals surface area (Å²) in [5.41, 5.74) is 1.32. The zero-order valence-electron chi connectivity index (χ0n) is 12.0. The molecule has 0 aliphatic heterocycles. The average molecular weight is 284 g/mol. The largest absolute Gasteiger partial charge is 0.481 e. The molecule has 0 fully saturated rings. The van der Waals surface area contributed by atoms with Gasteiger partial charge in [-0.1, -0.05) is 35.2 Å². The lowest BCUT2D eigenvalue weighted by atomic mass is 10.2. The van der Waals surface area contributed by atoms with Crippen molar-refractivity contribution in [3.63, 3.8) is 0 Å². The second kappa shape index (κ2) is 7.15. The summed E-state index contributed by atoms with van der Waals surface area (Å²) in [6, 6.07) is 9.31. The van der Waals surface area contributed by atoms with Crippen molar-refractivity contribution in [2.45, 2.75) is 13.8 Å². The Morgan fingerprint density at radius 2 is 2.14 bits per heavy atom. The summed E-state index contributed by atoms with van der Waals surface area (Å²) in [5.74, 6) is 6.76. The maximum absolute atomic E-state index is 11.6. The fraction of sp³-hybridized carbons (Fsp3) is 0.250.